The Morgan fingerprint density at radius 3 is 2.41 bits per heavy atom. The molecule has 2 saturated heterocycles. The first kappa shape index (κ1) is 20.0. The molecule has 2 aromatic heterocycles. The number of hydrogen-bond donors (Lipinski definition) is 0. The van der Waals surface area contributed by atoms with Gasteiger partial charge in [-0.15, -0.1) is 5.10 Å². The number of sulfonamides is 1. The first-order chi connectivity index (χ1) is 13.9. The second kappa shape index (κ2) is 8.25. The summed E-state index contributed by atoms with van der Waals surface area (Å²) >= 11 is 0. The Kier molecular flexibility index (Phi) is 5.70. The molecule has 29 heavy (non-hydrogen) atoms. The van der Waals surface area contributed by atoms with Gasteiger partial charge < -0.3 is 19.1 Å². The van der Waals surface area contributed by atoms with E-state index in [4.69, 9.17) is 4.74 Å². The van der Waals surface area contributed by atoms with E-state index in [1.807, 2.05) is 19.9 Å². The molecule has 0 saturated carbocycles. The van der Waals surface area contributed by atoms with Gasteiger partial charge >= 0.3 is 0 Å². The van der Waals surface area contributed by atoms with Crippen LogP contribution in [0.1, 0.15) is 19.9 Å². The van der Waals surface area contributed by atoms with Gasteiger partial charge in [-0.1, -0.05) is 0 Å². The maximum absolute atomic E-state index is 12.9. The highest BCUT2D eigenvalue weighted by molar-refractivity contribution is 7.89. The SMILES string of the molecule is CC(C)n1cnc(S(=O)(=O)N2CCN(c3cnnc(N4CCOCC4)c3)CC2)c1. The minimum atomic E-state index is -3.58. The van der Waals surface area contributed by atoms with E-state index in [9.17, 15) is 8.42 Å². The highest BCUT2D eigenvalue weighted by Gasteiger charge is 2.30. The van der Waals surface area contributed by atoms with E-state index in [1.165, 1.54) is 4.31 Å². The zero-order valence-corrected chi connectivity index (χ0v) is 17.6. The number of nitrogens with zero attached hydrogens (tertiary/aromatic N) is 7. The van der Waals surface area contributed by atoms with E-state index >= 15 is 0 Å². The molecule has 0 unspecified atom stereocenters. The van der Waals surface area contributed by atoms with Crippen LogP contribution in [0.2, 0.25) is 0 Å². The van der Waals surface area contributed by atoms with E-state index in [-0.39, 0.29) is 11.1 Å². The van der Waals surface area contributed by atoms with Gasteiger partial charge in [0.25, 0.3) is 10.0 Å². The lowest BCUT2D eigenvalue weighted by atomic mass is 10.3. The van der Waals surface area contributed by atoms with Crippen molar-refractivity contribution in [3.05, 3.63) is 24.8 Å². The Morgan fingerprint density at radius 1 is 1.03 bits per heavy atom. The van der Waals surface area contributed by atoms with E-state index in [0.29, 0.717) is 39.4 Å². The summed E-state index contributed by atoms with van der Waals surface area (Å²) in [4.78, 5) is 8.42. The molecule has 2 fully saturated rings. The number of piperazine rings is 1. The van der Waals surface area contributed by atoms with Crippen LogP contribution in [0.3, 0.4) is 0 Å². The van der Waals surface area contributed by atoms with E-state index < -0.39 is 10.0 Å². The van der Waals surface area contributed by atoms with Gasteiger partial charge in [0.2, 0.25) is 0 Å². The fourth-order valence-electron chi connectivity index (χ4n) is 3.52. The lowest BCUT2D eigenvalue weighted by Crippen LogP contribution is -2.48. The maximum Gasteiger partial charge on any atom is 0.262 e. The van der Waals surface area contributed by atoms with Crippen molar-refractivity contribution in [3.63, 3.8) is 0 Å². The number of imidazole rings is 1. The third kappa shape index (κ3) is 4.21. The average Bonchev–Trinajstić information content (AvgIpc) is 3.26. The van der Waals surface area contributed by atoms with E-state index in [1.54, 1.807) is 23.3 Å². The molecule has 11 heteroatoms. The molecule has 0 aliphatic carbocycles. The van der Waals surface area contributed by atoms with Crippen LogP contribution in [0.15, 0.2) is 29.8 Å². The van der Waals surface area contributed by atoms with Gasteiger partial charge in [0.1, 0.15) is 0 Å². The monoisotopic (exact) mass is 421 g/mol. The topological polar surface area (TPSA) is 96.7 Å². The van der Waals surface area contributed by atoms with Crippen LogP contribution < -0.4 is 9.80 Å². The van der Waals surface area contributed by atoms with E-state index in [0.717, 1.165) is 24.6 Å². The van der Waals surface area contributed by atoms with Gasteiger partial charge in [0.05, 0.1) is 31.4 Å². The summed E-state index contributed by atoms with van der Waals surface area (Å²) in [6.45, 7) is 8.97. The van der Waals surface area contributed by atoms with Crippen molar-refractivity contribution in [1.29, 1.82) is 0 Å². The first-order valence-corrected chi connectivity index (χ1v) is 11.3. The summed E-state index contributed by atoms with van der Waals surface area (Å²) in [5.41, 5.74) is 0.961. The van der Waals surface area contributed by atoms with Crippen LogP contribution in [-0.4, -0.2) is 85.0 Å². The third-order valence-electron chi connectivity index (χ3n) is 5.34. The molecule has 2 aliphatic heterocycles. The van der Waals surface area contributed by atoms with Crippen molar-refractivity contribution in [1.82, 2.24) is 24.1 Å². The molecule has 0 amide bonds. The van der Waals surface area contributed by atoms with Crippen LogP contribution >= 0.6 is 0 Å². The molecule has 0 aromatic carbocycles. The van der Waals surface area contributed by atoms with Crippen molar-refractivity contribution in [2.45, 2.75) is 24.9 Å². The molecule has 158 valence electrons. The summed E-state index contributed by atoms with van der Waals surface area (Å²) in [6, 6.07) is 2.19. The van der Waals surface area contributed by atoms with Crippen LogP contribution in [0, 0.1) is 0 Å². The summed E-state index contributed by atoms with van der Waals surface area (Å²) in [5, 5.41) is 8.51. The minimum Gasteiger partial charge on any atom is -0.378 e. The van der Waals surface area contributed by atoms with Crippen LogP contribution in [0.25, 0.3) is 0 Å². The predicted molar refractivity (Wildman–Crippen MR) is 109 cm³/mol. The Hall–Kier alpha value is -2.24. The second-order valence-corrected chi connectivity index (χ2v) is 9.40. The van der Waals surface area contributed by atoms with Gasteiger partial charge in [-0.25, -0.2) is 13.4 Å². The highest BCUT2D eigenvalue weighted by Crippen LogP contribution is 2.23. The number of anilines is 2. The number of rotatable bonds is 5. The van der Waals surface area contributed by atoms with Crippen molar-refractivity contribution in [2.24, 2.45) is 0 Å². The van der Waals surface area contributed by atoms with Crippen molar-refractivity contribution in [3.8, 4) is 0 Å². The highest BCUT2D eigenvalue weighted by atomic mass is 32.2. The Bertz CT molecular complexity index is 932. The Balaban J connectivity index is 1.42. The molecule has 4 heterocycles. The molecule has 0 radical (unpaired) electrons. The van der Waals surface area contributed by atoms with E-state index in [2.05, 4.69) is 25.0 Å². The molecule has 10 nitrogen and oxygen atoms in total. The second-order valence-electron chi connectivity index (χ2n) is 7.52. The quantitative estimate of drug-likeness (QED) is 0.693. The van der Waals surface area contributed by atoms with Gasteiger partial charge in [-0.2, -0.15) is 9.40 Å². The Morgan fingerprint density at radius 2 is 1.76 bits per heavy atom. The molecular formula is C18H27N7O3S. The molecule has 2 aromatic rings. The molecule has 0 N–H and O–H groups in total. The van der Waals surface area contributed by atoms with Gasteiger partial charge in [0, 0.05) is 57.6 Å². The molecule has 0 bridgehead atoms. The summed E-state index contributed by atoms with van der Waals surface area (Å²) < 4.78 is 34.5. The molecule has 2 aliphatic rings. The third-order valence-corrected chi connectivity index (χ3v) is 7.13. The summed E-state index contributed by atoms with van der Waals surface area (Å²) in [6.07, 6.45) is 4.91. The smallest absolute Gasteiger partial charge is 0.262 e. The van der Waals surface area contributed by atoms with Crippen LogP contribution in [0.5, 0.6) is 0 Å². The van der Waals surface area contributed by atoms with Gasteiger partial charge in [-0.3, -0.25) is 0 Å². The fraction of sp³-hybridized carbons (Fsp3) is 0.611. The lowest BCUT2D eigenvalue weighted by molar-refractivity contribution is 0.122. The maximum atomic E-state index is 12.9. The molecule has 4 rings (SSSR count). The Labute approximate surface area is 171 Å². The van der Waals surface area contributed by atoms with Crippen LogP contribution in [0.4, 0.5) is 11.5 Å². The molecular weight excluding hydrogens is 394 g/mol. The van der Waals surface area contributed by atoms with Crippen molar-refractivity contribution in [2.75, 3.05) is 62.3 Å². The number of morpholine rings is 1. The van der Waals surface area contributed by atoms with Gasteiger partial charge in [0.15, 0.2) is 10.8 Å². The first-order valence-electron chi connectivity index (χ1n) is 9.89. The van der Waals surface area contributed by atoms with Crippen molar-refractivity contribution >= 4 is 21.5 Å². The summed E-state index contributed by atoms with van der Waals surface area (Å²) in [5.74, 6) is 0.833. The standard InChI is InChI=1S/C18H27N7O3S/c1-15(2)24-13-18(19-14-24)29(26,27)25-5-3-22(4-6-25)16-11-17(21-20-12-16)23-7-9-28-10-8-23/h11-15H,3-10H2,1-2H3. The minimum absolute atomic E-state index is 0.111. The fourth-order valence-corrected chi connectivity index (χ4v) is 4.86. The normalized spacial score (nSPS) is 19.1. The zero-order chi connectivity index (χ0) is 20.4. The number of aromatic nitrogens is 4. The predicted octanol–water partition coefficient (Wildman–Crippen LogP) is 0.602. The molecule has 0 spiro atoms. The number of ether oxygens (including phenoxy) is 1. The zero-order valence-electron chi connectivity index (χ0n) is 16.8. The largest absolute Gasteiger partial charge is 0.378 e. The summed E-state index contributed by atoms with van der Waals surface area (Å²) in [7, 11) is -3.58. The number of hydrogen-bond acceptors (Lipinski definition) is 8. The molecule has 0 atom stereocenters. The average molecular weight is 422 g/mol. The van der Waals surface area contributed by atoms with Crippen LogP contribution in [-0.2, 0) is 14.8 Å². The van der Waals surface area contributed by atoms with Crippen molar-refractivity contribution < 1.29 is 13.2 Å². The lowest BCUT2D eigenvalue weighted by Gasteiger charge is -2.35. The van der Waals surface area contributed by atoms with Gasteiger partial charge in [-0.05, 0) is 13.8 Å².